The van der Waals surface area contributed by atoms with Gasteiger partial charge in [-0.2, -0.15) is 0 Å². The van der Waals surface area contributed by atoms with Gasteiger partial charge in [0.05, 0.1) is 5.75 Å². The molecule has 0 fully saturated rings. The van der Waals surface area contributed by atoms with Gasteiger partial charge in [0, 0.05) is 23.9 Å². The average Bonchev–Trinajstić information content (AvgIpc) is 2.28. The van der Waals surface area contributed by atoms with E-state index >= 15 is 0 Å². The van der Waals surface area contributed by atoms with Gasteiger partial charge in [-0.1, -0.05) is 39.0 Å². The van der Waals surface area contributed by atoms with Crippen molar-refractivity contribution in [3.05, 3.63) is 35.6 Å². The number of benzene rings is 1. The second kappa shape index (κ2) is 6.23. The normalized spacial score (nSPS) is 11.4. The Kier molecular flexibility index (Phi) is 5.20. The van der Waals surface area contributed by atoms with Gasteiger partial charge < -0.3 is 4.90 Å². The minimum absolute atomic E-state index is 0.0261. The van der Waals surface area contributed by atoms with Crippen molar-refractivity contribution in [3.63, 3.8) is 0 Å². The van der Waals surface area contributed by atoms with Gasteiger partial charge in [-0.15, -0.1) is 11.8 Å². The quantitative estimate of drug-likeness (QED) is 0.835. The van der Waals surface area contributed by atoms with Gasteiger partial charge >= 0.3 is 0 Å². The van der Waals surface area contributed by atoms with Crippen molar-refractivity contribution in [2.45, 2.75) is 32.1 Å². The van der Waals surface area contributed by atoms with E-state index in [0.717, 1.165) is 0 Å². The molecule has 0 unspecified atom stereocenters. The molecule has 0 atom stereocenters. The van der Waals surface area contributed by atoms with E-state index in [4.69, 9.17) is 0 Å². The molecule has 0 spiro atoms. The lowest BCUT2D eigenvalue weighted by molar-refractivity contribution is -0.127. The average molecular weight is 269 g/mol. The number of halogens is 1. The predicted molar refractivity (Wildman–Crippen MR) is 75.1 cm³/mol. The Balaban J connectivity index is 2.53. The van der Waals surface area contributed by atoms with Crippen LogP contribution >= 0.6 is 11.8 Å². The third-order valence-corrected chi connectivity index (χ3v) is 3.68. The number of hydrogen-bond acceptors (Lipinski definition) is 2. The fourth-order valence-electron chi connectivity index (χ4n) is 1.36. The van der Waals surface area contributed by atoms with E-state index in [-0.39, 0.29) is 16.5 Å². The van der Waals surface area contributed by atoms with Gasteiger partial charge in [-0.3, -0.25) is 4.79 Å². The third kappa shape index (κ3) is 5.08. The number of carbonyl (C=O) groups excluding carboxylic acids is 1. The molecule has 1 amide bonds. The monoisotopic (exact) mass is 269 g/mol. The van der Waals surface area contributed by atoms with Gasteiger partial charge in [-0.25, -0.2) is 4.39 Å². The summed E-state index contributed by atoms with van der Waals surface area (Å²) in [5.74, 6) is 0.188. The van der Waals surface area contributed by atoms with Crippen LogP contribution in [-0.4, -0.2) is 28.4 Å². The SMILES string of the molecule is CN(Cc1ccccc1F)C(=O)CSC(C)(C)C. The van der Waals surface area contributed by atoms with Crippen LogP contribution in [0, 0.1) is 5.82 Å². The van der Waals surface area contributed by atoms with Crippen LogP contribution in [0.5, 0.6) is 0 Å². The van der Waals surface area contributed by atoms with Gasteiger partial charge in [0.1, 0.15) is 5.82 Å². The first-order valence-corrected chi connectivity index (χ1v) is 6.89. The Hall–Kier alpha value is -1.03. The zero-order valence-electron chi connectivity index (χ0n) is 11.4. The molecule has 4 heteroatoms. The van der Waals surface area contributed by atoms with E-state index in [1.165, 1.54) is 6.07 Å². The fourth-order valence-corrected chi connectivity index (χ4v) is 2.14. The summed E-state index contributed by atoms with van der Waals surface area (Å²) in [6.45, 7) is 6.53. The third-order valence-electron chi connectivity index (χ3n) is 2.42. The van der Waals surface area contributed by atoms with Gasteiger partial charge in [-0.05, 0) is 6.07 Å². The van der Waals surface area contributed by atoms with E-state index in [1.807, 2.05) is 0 Å². The van der Waals surface area contributed by atoms with E-state index in [2.05, 4.69) is 20.8 Å². The standard InChI is InChI=1S/C14H20FNOS/c1-14(2,3)18-10-13(17)16(4)9-11-7-5-6-8-12(11)15/h5-8H,9-10H2,1-4H3. The first-order valence-electron chi connectivity index (χ1n) is 5.91. The molecule has 0 saturated heterocycles. The summed E-state index contributed by atoms with van der Waals surface area (Å²) in [5, 5.41) is 0. The van der Waals surface area contributed by atoms with Crippen LogP contribution in [0.4, 0.5) is 4.39 Å². The molecule has 0 bridgehead atoms. The predicted octanol–water partition coefficient (Wildman–Crippen LogP) is 3.32. The molecule has 1 rings (SSSR count). The van der Waals surface area contributed by atoms with Gasteiger partial charge in [0.15, 0.2) is 0 Å². The molecule has 0 radical (unpaired) electrons. The lowest BCUT2D eigenvalue weighted by atomic mass is 10.2. The summed E-state index contributed by atoms with van der Waals surface area (Å²) in [6.07, 6.45) is 0. The second-order valence-corrected chi connectivity index (χ2v) is 7.04. The highest BCUT2D eigenvalue weighted by Crippen LogP contribution is 2.23. The molecule has 1 aromatic carbocycles. The van der Waals surface area contributed by atoms with Gasteiger partial charge in [0.2, 0.25) is 5.91 Å². The second-order valence-electron chi connectivity index (χ2n) is 5.24. The topological polar surface area (TPSA) is 20.3 Å². The maximum atomic E-state index is 13.4. The Bertz CT molecular complexity index is 415. The molecule has 2 nitrogen and oxygen atoms in total. The first-order chi connectivity index (χ1) is 8.29. The van der Waals surface area contributed by atoms with Gasteiger partial charge in [0.25, 0.3) is 0 Å². The molecule has 0 aliphatic rings. The number of hydrogen-bond donors (Lipinski definition) is 0. The van der Waals surface area contributed by atoms with E-state index in [1.54, 1.807) is 41.9 Å². The van der Waals surface area contributed by atoms with Crippen molar-refractivity contribution in [2.75, 3.05) is 12.8 Å². The molecule has 1 aromatic rings. The minimum atomic E-state index is -0.263. The number of rotatable bonds is 4. The van der Waals surface area contributed by atoms with E-state index in [0.29, 0.717) is 17.9 Å². The Morgan fingerprint density at radius 2 is 1.94 bits per heavy atom. The molecular formula is C14H20FNOS. The molecule has 0 aliphatic heterocycles. The van der Waals surface area contributed by atoms with Crippen LogP contribution < -0.4 is 0 Å². The zero-order chi connectivity index (χ0) is 13.8. The van der Waals surface area contributed by atoms with Crippen LogP contribution in [-0.2, 0) is 11.3 Å². The fraction of sp³-hybridized carbons (Fsp3) is 0.500. The lowest BCUT2D eigenvalue weighted by Gasteiger charge is -2.21. The summed E-state index contributed by atoms with van der Waals surface area (Å²) in [6, 6.07) is 6.55. The maximum absolute atomic E-state index is 13.4. The number of thioether (sulfide) groups is 1. The van der Waals surface area contributed by atoms with Crippen molar-refractivity contribution in [1.29, 1.82) is 0 Å². The number of amides is 1. The molecule has 100 valence electrons. The molecule has 0 heterocycles. The Morgan fingerprint density at radius 3 is 2.50 bits per heavy atom. The zero-order valence-corrected chi connectivity index (χ0v) is 12.2. The van der Waals surface area contributed by atoms with Crippen LogP contribution in [0.25, 0.3) is 0 Å². The Morgan fingerprint density at radius 1 is 1.33 bits per heavy atom. The maximum Gasteiger partial charge on any atom is 0.232 e. The lowest BCUT2D eigenvalue weighted by Crippen LogP contribution is -2.29. The molecule has 0 saturated carbocycles. The van der Waals surface area contributed by atoms with E-state index < -0.39 is 0 Å². The summed E-state index contributed by atoms with van der Waals surface area (Å²) < 4.78 is 13.5. The van der Waals surface area contributed by atoms with Crippen LogP contribution in [0.15, 0.2) is 24.3 Å². The smallest absolute Gasteiger partial charge is 0.232 e. The van der Waals surface area contributed by atoms with Crippen LogP contribution in [0.1, 0.15) is 26.3 Å². The molecule has 0 N–H and O–H groups in total. The highest BCUT2D eigenvalue weighted by molar-refractivity contribution is 8.01. The Labute approximate surface area is 113 Å². The first kappa shape index (κ1) is 15.0. The highest BCUT2D eigenvalue weighted by Gasteiger charge is 2.16. The largest absolute Gasteiger partial charge is 0.341 e. The summed E-state index contributed by atoms with van der Waals surface area (Å²) >= 11 is 1.60. The summed E-state index contributed by atoms with van der Waals surface area (Å²) in [5.41, 5.74) is 0.550. The van der Waals surface area contributed by atoms with Crippen LogP contribution in [0.2, 0.25) is 0 Å². The number of carbonyl (C=O) groups is 1. The molecule has 0 aliphatic carbocycles. The van der Waals surface area contributed by atoms with Crippen LogP contribution in [0.3, 0.4) is 0 Å². The minimum Gasteiger partial charge on any atom is -0.341 e. The van der Waals surface area contributed by atoms with Crippen molar-refractivity contribution in [3.8, 4) is 0 Å². The van der Waals surface area contributed by atoms with Crippen molar-refractivity contribution in [2.24, 2.45) is 0 Å². The molecular weight excluding hydrogens is 249 g/mol. The summed E-state index contributed by atoms with van der Waals surface area (Å²) in [4.78, 5) is 13.5. The van der Waals surface area contributed by atoms with Crippen molar-refractivity contribution >= 4 is 17.7 Å². The van der Waals surface area contributed by atoms with Crippen molar-refractivity contribution in [1.82, 2.24) is 4.90 Å². The van der Waals surface area contributed by atoms with Crippen molar-refractivity contribution < 1.29 is 9.18 Å². The molecule has 0 aromatic heterocycles. The summed E-state index contributed by atoms with van der Waals surface area (Å²) in [7, 11) is 1.71. The number of nitrogens with zero attached hydrogens (tertiary/aromatic N) is 1. The highest BCUT2D eigenvalue weighted by atomic mass is 32.2. The molecule has 18 heavy (non-hydrogen) atoms. The van der Waals surface area contributed by atoms with E-state index in [9.17, 15) is 9.18 Å².